The van der Waals surface area contributed by atoms with Crippen molar-refractivity contribution in [2.45, 2.75) is 66.0 Å². The zero-order valence-corrected chi connectivity index (χ0v) is 23.6. The smallest absolute Gasteiger partial charge is 0.257 e. The molecule has 8 heteroatoms. The van der Waals surface area contributed by atoms with Crippen molar-refractivity contribution in [1.29, 1.82) is 0 Å². The van der Waals surface area contributed by atoms with Gasteiger partial charge in [-0.25, -0.2) is 0 Å². The van der Waals surface area contributed by atoms with Crippen molar-refractivity contribution in [2.24, 2.45) is 11.3 Å². The second-order valence-electron chi connectivity index (χ2n) is 11.0. The minimum absolute atomic E-state index is 0.0846. The number of anilines is 1. The molecule has 2 aromatic rings. The molecule has 3 N–H and O–H groups in total. The fraction of sp³-hybridized carbons (Fsp3) is 0.433. The third-order valence-corrected chi connectivity index (χ3v) is 7.20. The van der Waals surface area contributed by atoms with Crippen LogP contribution in [0, 0.1) is 11.3 Å². The molecule has 0 saturated heterocycles. The highest BCUT2D eigenvalue weighted by Crippen LogP contribution is 2.30. The first-order valence-electron chi connectivity index (χ1n) is 12.9. The highest BCUT2D eigenvalue weighted by atomic mass is 35.5. The topological polar surface area (TPSA) is 96.5 Å². The Hall–Kier alpha value is -3.32. The van der Waals surface area contributed by atoms with Gasteiger partial charge < -0.3 is 20.7 Å². The Kier molecular flexibility index (Phi) is 9.60. The largest absolute Gasteiger partial charge is 0.496 e. The van der Waals surface area contributed by atoms with Crippen LogP contribution in [0.2, 0.25) is 5.02 Å². The van der Waals surface area contributed by atoms with E-state index < -0.39 is 11.3 Å². The van der Waals surface area contributed by atoms with Gasteiger partial charge in [-0.3, -0.25) is 14.4 Å². The van der Waals surface area contributed by atoms with Crippen LogP contribution in [0.5, 0.6) is 5.75 Å². The van der Waals surface area contributed by atoms with E-state index in [0.717, 1.165) is 31.2 Å². The number of halogens is 1. The molecular formula is C30H38ClN3O4. The Morgan fingerprint density at radius 3 is 2.29 bits per heavy atom. The molecule has 0 heterocycles. The predicted octanol–water partition coefficient (Wildman–Crippen LogP) is 6.13. The molecule has 7 nitrogen and oxygen atoms in total. The van der Waals surface area contributed by atoms with Crippen molar-refractivity contribution in [3.05, 3.63) is 70.3 Å². The molecule has 1 saturated carbocycles. The van der Waals surface area contributed by atoms with Gasteiger partial charge in [0, 0.05) is 23.7 Å². The molecule has 0 unspecified atom stereocenters. The van der Waals surface area contributed by atoms with Crippen LogP contribution in [0.1, 0.15) is 79.7 Å². The summed E-state index contributed by atoms with van der Waals surface area (Å²) < 4.78 is 5.41. The van der Waals surface area contributed by atoms with E-state index in [0.29, 0.717) is 22.9 Å². The van der Waals surface area contributed by atoms with Crippen LogP contribution in [-0.4, -0.2) is 30.9 Å². The van der Waals surface area contributed by atoms with Gasteiger partial charge in [-0.2, -0.15) is 0 Å². The van der Waals surface area contributed by atoms with Crippen LogP contribution < -0.4 is 20.7 Å². The molecule has 0 spiro atoms. The Balaban J connectivity index is 1.71. The number of allylic oxidation sites excluding steroid dienone is 1. The quantitative estimate of drug-likeness (QED) is 0.352. The lowest BCUT2D eigenvalue weighted by Gasteiger charge is -2.29. The molecule has 3 rings (SSSR count). The van der Waals surface area contributed by atoms with E-state index in [1.54, 1.807) is 36.4 Å². The van der Waals surface area contributed by atoms with E-state index in [2.05, 4.69) is 29.5 Å². The number of methoxy groups -OCH3 is 1. The normalized spacial score (nSPS) is 17.3. The molecule has 0 bridgehead atoms. The number of ether oxygens (including phenoxy) is 1. The highest BCUT2D eigenvalue weighted by Gasteiger charge is 2.25. The number of hydrogen-bond acceptors (Lipinski definition) is 4. The van der Waals surface area contributed by atoms with E-state index in [1.165, 1.54) is 12.7 Å². The zero-order valence-electron chi connectivity index (χ0n) is 22.9. The van der Waals surface area contributed by atoms with E-state index in [4.69, 9.17) is 16.3 Å². The van der Waals surface area contributed by atoms with Gasteiger partial charge in [0.25, 0.3) is 11.8 Å². The van der Waals surface area contributed by atoms with Gasteiger partial charge in [-0.05, 0) is 74.4 Å². The second kappa shape index (κ2) is 12.5. The molecule has 1 aliphatic rings. The molecule has 38 heavy (non-hydrogen) atoms. The fourth-order valence-corrected chi connectivity index (χ4v) is 4.66. The van der Waals surface area contributed by atoms with Crippen molar-refractivity contribution in [2.75, 3.05) is 12.4 Å². The minimum atomic E-state index is -0.519. The summed E-state index contributed by atoms with van der Waals surface area (Å²) in [5, 5.41) is 9.10. The highest BCUT2D eigenvalue weighted by molar-refractivity contribution is 6.34. The summed E-state index contributed by atoms with van der Waals surface area (Å²) in [6.45, 7) is 11.9. The second-order valence-corrected chi connectivity index (χ2v) is 11.4. The number of hydrogen-bond donors (Lipinski definition) is 3. The molecule has 0 atom stereocenters. The molecule has 0 aromatic heterocycles. The molecule has 0 aliphatic heterocycles. The Bertz CT molecular complexity index is 1210. The standard InChI is InChI=1S/C30H38ClN3O4/c1-18(2)20-8-10-21(11-9-20)33-28(36)24-16-22(12-14-26(24)38-6)34-27(35)23-15-19(7-13-25(23)31)17-32-29(37)30(3,4)5/h7,12-16,20-21H,1,8-11,17H2,2-6H3,(H,32,37)(H,33,36)(H,34,35)/t20-,21-. The van der Waals surface area contributed by atoms with Gasteiger partial charge in [0.1, 0.15) is 5.75 Å². The molecule has 204 valence electrons. The summed E-state index contributed by atoms with van der Waals surface area (Å²) >= 11 is 6.32. The summed E-state index contributed by atoms with van der Waals surface area (Å²) in [5.41, 5.74) is 2.47. The van der Waals surface area contributed by atoms with Crippen LogP contribution in [0.4, 0.5) is 5.69 Å². The lowest BCUT2D eigenvalue weighted by Crippen LogP contribution is -2.38. The lowest BCUT2D eigenvalue weighted by molar-refractivity contribution is -0.128. The maximum absolute atomic E-state index is 13.1. The summed E-state index contributed by atoms with van der Waals surface area (Å²) in [6.07, 6.45) is 3.81. The number of carbonyl (C=O) groups is 3. The van der Waals surface area contributed by atoms with Crippen molar-refractivity contribution >= 4 is 35.0 Å². The molecular weight excluding hydrogens is 502 g/mol. The Morgan fingerprint density at radius 1 is 1.00 bits per heavy atom. The van der Waals surface area contributed by atoms with Crippen LogP contribution in [-0.2, 0) is 11.3 Å². The molecule has 1 fully saturated rings. The van der Waals surface area contributed by atoms with Crippen LogP contribution in [0.25, 0.3) is 0 Å². The first kappa shape index (κ1) is 29.2. The van der Waals surface area contributed by atoms with E-state index in [9.17, 15) is 14.4 Å². The van der Waals surface area contributed by atoms with E-state index in [1.807, 2.05) is 20.8 Å². The average Bonchev–Trinajstić information content (AvgIpc) is 2.87. The third-order valence-electron chi connectivity index (χ3n) is 6.87. The van der Waals surface area contributed by atoms with Crippen LogP contribution in [0.15, 0.2) is 48.6 Å². The third kappa shape index (κ3) is 7.60. The van der Waals surface area contributed by atoms with Crippen LogP contribution in [0.3, 0.4) is 0 Å². The lowest BCUT2D eigenvalue weighted by atomic mass is 9.82. The van der Waals surface area contributed by atoms with Crippen LogP contribution >= 0.6 is 11.6 Å². The van der Waals surface area contributed by atoms with Gasteiger partial charge in [0.05, 0.1) is 23.3 Å². The zero-order chi connectivity index (χ0) is 28.0. The van der Waals surface area contributed by atoms with E-state index >= 15 is 0 Å². The first-order chi connectivity index (χ1) is 17.9. The summed E-state index contributed by atoms with van der Waals surface area (Å²) in [7, 11) is 1.51. The SMILES string of the molecule is C=C(C)[C@H]1CC[C@H](NC(=O)c2cc(NC(=O)c3cc(CNC(=O)C(C)(C)C)ccc3Cl)ccc2OC)CC1. The minimum Gasteiger partial charge on any atom is -0.496 e. The number of rotatable bonds is 8. The molecule has 0 radical (unpaired) electrons. The van der Waals surface area contributed by atoms with Gasteiger partial charge in [-0.15, -0.1) is 0 Å². The number of benzene rings is 2. The number of carbonyl (C=O) groups excluding carboxylic acids is 3. The summed E-state index contributed by atoms with van der Waals surface area (Å²) in [5.74, 6) is 0.174. The van der Waals surface area contributed by atoms with Gasteiger partial charge in [0.15, 0.2) is 0 Å². The number of nitrogens with one attached hydrogen (secondary N) is 3. The Labute approximate surface area is 230 Å². The van der Waals surface area contributed by atoms with Crippen molar-refractivity contribution in [3.8, 4) is 5.75 Å². The number of amides is 3. The fourth-order valence-electron chi connectivity index (χ4n) is 4.46. The molecule has 1 aliphatic carbocycles. The Morgan fingerprint density at radius 2 is 1.68 bits per heavy atom. The monoisotopic (exact) mass is 539 g/mol. The maximum Gasteiger partial charge on any atom is 0.257 e. The summed E-state index contributed by atoms with van der Waals surface area (Å²) in [6, 6.07) is 10.1. The summed E-state index contributed by atoms with van der Waals surface area (Å²) in [4.78, 5) is 38.4. The van der Waals surface area contributed by atoms with Crippen molar-refractivity contribution < 1.29 is 19.1 Å². The van der Waals surface area contributed by atoms with E-state index in [-0.39, 0.29) is 35.0 Å². The van der Waals surface area contributed by atoms with Crippen molar-refractivity contribution in [3.63, 3.8) is 0 Å². The molecule has 3 amide bonds. The van der Waals surface area contributed by atoms with Gasteiger partial charge in [0.2, 0.25) is 5.91 Å². The van der Waals surface area contributed by atoms with Crippen molar-refractivity contribution in [1.82, 2.24) is 10.6 Å². The average molecular weight is 540 g/mol. The predicted molar refractivity (Wildman–Crippen MR) is 152 cm³/mol. The van der Waals surface area contributed by atoms with Gasteiger partial charge >= 0.3 is 0 Å². The van der Waals surface area contributed by atoms with Gasteiger partial charge in [-0.1, -0.05) is 50.6 Å². The maximum atomic E-state index is 13.1. The molecule has 2 aromatic carbocycles. The first-order valence-corrected chi connectivity index (χ1v) is 13.3.